The van der Waals surface area contributed by atoms with Crippen molar-refractivity contribution in [2.75, 3.05) is 0 Å². The molecule has 0 aromatic heterocycles. The summed E-state index contributed by atoms with van der Waals surface area (Å²) in [5, 5.41) is 20.4. The summed E-state index contributed by atoms with van der Waals surface area (Å²) in [5.41, 5.74) is 0. The minimum Gasteiger partial charge on any atom is -0.550 e. The van der Waals surface area contributed by atoms with Gasteiger partial charge in [0.15, 0.2) is 0 Å². The topological polar surface area (TPSA) is 80.3 Å². The molecule has 0 heterocycles. The first-order valence-electron chi connectivity index (χ1n) is 15.2. The van der Waals surface area contributed by atoms with Gasteiger partial charge in [0.1, 0.15) is 0 Å². The van der Waals surface area contributed by atoms with Gasteiger partial charge in [0.2, 0.25) is 0 Å². The van der Waals surface area contributed by atoms with Gasteiger partial charge in [-0.15, -0.1) is 0 Å². The third-order valence-electron chi connectivity index (χ3n) is 6.29. The van der Waals surface area contributed by atoms with E-state index < -0.39 is 11.9 Å². The molecule has 0 N–H and O–H groups in total. The molecule has 0 saturated carbocycles. The van der Waals surface area contributed by atoms with E-state index >= 15 is 0 Å². The van der Waals surface area contributed by atoms with Crippen molar-refractivity contribution in [2.24, 2.45) is 0 Å². The van der Waals surface area contributed by atoms with Crippen LogP contribution in [0, 0.1) is 0 Å². The van der Waals surface area contributed by atoms with Crippen LogP contribution in [0.5, 0.6) is 0 Å². The average molecular weight is 547 g/mol. The molecular weight excluding hydrogens is 488 g/mol. The summed E-state index contributed by atoms with van der Waals surface area (Å²) < 4.78 is 0. The molecule has 0 aromatic carbocycles. The van der Waals surface area contributed by atoms with E-state index in [1.54, 1.807) is 0 Å². The van der Waals surface area contributed by atoms with Crippen molar-refractivity contribution in [2.45, 2.75) is 168 Å². The van der Waals surface area contributed by atoms with Crippen LogP contribution >= 0.6 is 0 Å². The molecule has 4 nitrogen and oxygen atoms in total. The van der Waals surface area contributed by atoms with Gasteiger partial charge in [-0.05, 0) is 77.0 Å². The van der Waals surface area contributed by atoms with E-state index in [1.807, 2.05) is 0 Å². The maximum absolute atomic E-state index is 10.2. The normalized spacial score (nSPS) is 10.9. The van der Waals surface area contributed by atoms with Crippen LogP contribution in [0.25, 0.3) is 0 Å². The molecule has 212 valence electrons. The van der Waals surface area contributed by atoms with Gasteiger partial charge in [0.25, 0.3) is 0 Å². The van der Waals surface area contributed by atoms with Crippen molar-refractivity contribution in [1.29, 1.82) is 0 Å². The number of hydrogen-bond donors (Lipinski definition) is 0. The minimum atomic E-state index is -0.916. The van der Waals surface area contributed by atoms with E-state index in [2.05, 4.69) is 38.2 Å². The molecule has 37 heavy (non-hydrogen) atoms. The van der Waals surface area contributed by atoms with Crippen LogP contribution in [0.4, 0.5) is 0 Å². The van der Waals surface area contributed by atoms with Gasteiger partial charge in [0, 0.05) is 11.9 Å². The number of aliphatic carboxylic acids is 2. The van der Waals surface area contributed by atoms with Gasteiger partial charge in [-0.2, -0.15) is 0 Å². The van der Waals surface area contributed by atoms with Crippen molar-refractivity contribution in [3.63, 3.8) is 0 Å². The monoisotopic (exact) mass is 546 g/mol. The molecule has 0 rings (SSSR count). The second-order valence-electron chi connectivity index (χ2n) is 10.00. The third kappa shape index (κ3) is 45.9. The van der Waals surface area contributed by atoms with Gasteiger partial charge in [-0.1, -0.05) is 115 Å². The van der Waals surface area contributed by atoms with E-state index in [0.717, 1.165) is 38.5 Å². The number of carbonyl (C=O) groups excluding carboxylic acids is 2. The molecule has 0 atom stereocenters. The average Bonchev–Trinajstić information content (AvgIpc) is 2.85. The molecule has 0 bridgehead atoms. The summed E-state index contributed by atoms with van der Waals surface area (Å²) in [6.07, 6.45) is 36.0. The number of carboxylic acid groups (broad SMARTS) is 2. The SMILES string of the molecule is CCCCCCC=CCCCCCCCC(=O)[O-].CCCCCCC=CCCCCCCCC(=O)[O-].[Ca+2]. The summed E-state index contributed by atoms with van der Waals surface area (Å²) in [7, 11) is 0. The molecule has 0 amide bonds. The van der Waals surface area contributed by atoms with Gasteiger partial charge in [-0.25, -0.2) is 0 Å². The quantitative estimate of drug-likeness (QED) is 0.0635. The second kappa shape index (κ2) is 37.8. The maximum atomic E-state index is 10.2. The first-order valence-corrected chi connectivity index (χ1v) is 15.2. The zero-order chi connectivity index (χ0) is 27.0. The van der Waals surface area contributed by atoms with E-state index in [4.69, 9.17) is 0 Å². The molecule has 0 aromatic rings. The number of unbranched alkanes of at least 4 members (excludes halogenated alkanes) is 18. The fourth-order valence-electron chi connectivity index (χ4n) is 3.97. The van der Waals surface area contributed by atoms with Gasteiger partial charge in [0.05, 0.1) is 0 Å². The summed E-state index contributed by atoms with van der Waals surface area (Å²) >= 11 is 0. The van der Waals surface area contributed by atoms with E-state index in [0.29, 0.717) is 0 Å². The summed E-state index contributed by atoms with van der Waals surface area (Å²) in [6, 6.07) is 0. The van der Waals surface area contributed by atoms with Gasteiger partial charge < -0.3 is 19.8 Å². The van der Waals surface area contributed by atoms with Crippen LogP contribution in [0.3, 0.4) is 0 Å². The number of allylic oxidation sites excluding steroid dienone is 4. The fourth-order valence-corrected chi connectivity index (χ4v) is 3.97. The fraction of sp³-hybridized carbons (Fsp3) is 0.812. The third-order valence-corrected chi connectivity index (χ3v) is 6.29. The smallest absolute Gasteiger partial charge is 0.550 e. The molecule has 0 fully saturated rings. The van der Waals surface area contributed by atoms with E-state index in [-0.39, 0.29) is 50.6 Å². The first-order chi connectivity index (χ1) is 17.5. The number of carbonyl (C=O) groups is 2. The van der Waals surface area contributed by atoms with E-state index in [9.17, 15) is 19.8 Å². The zero-order valence-corrected chi connectivity index (χ0v) is 26.8. The predicted molar refractivity (Wildman–Crippen MR) is 156 cm³/mol. The molecular formula is C32H58CaO4. The zero-order valence-electron chi connectivity index (χ0n) is 24.6. The Hall–Kier alpha value is -0.320. The van der Waals surface area contributed by atoms with Crippen LogP contribution < -0.4 is 10.2 Å². The Morgan fingerprint density at radius 2 is 0.676 bits per heavy atom. The van der Waals surface area contributed by atoms with Crippen molar-refractivity contribution in [3.8, 4) is 0 Å². The van der Waals surface area contributed by atoms with Crippen molar-refractivity contribution in [3.05, 3.63) is 24.3 Å². The summed E-state index contributed by atoms with van der Waals surface area (Å²) in [4.78, 5) is 20.4. The predicted octanol–water partition coefficient (Wildman–Crippen LogP) is 7.61. The van der Waals surface area contributed by atoms with Crippen LogP contribution in [0.1, 0.15) is 168 Å². The second-order valence-corrected chi connectivity index (χ2v) is 10.00. The van der Waals surface area contributed by atoms with Crippen LogP contribution in [0.2, 0.25) is 0 Å². The van der Waals surface area contributed by atoms with Crippen molar-refractivity contribution < 1.29 is 19.8 Å². The number of rotatable bonds is 26. The summed E-state index contributed by atoms with van der Waals surface area (Å²) in [6.45, 7) is 4.48. The molecule has 5 heteroatoms. The van der Waals surface area contributed by atoms with Crippen LogP contribution in [0.15, 0.2) is 24.3 Å². The Morgan fingerprint density at radius 3 is 0.946 bits per heavy atom. The molecule has 0 unspecified atom stereocenters. The molecule has 0 aliphatic rings. The van der Waals surface area contributed by atoms with Gasteiger partial charge >= 0.3 is 37.7 Å². The molecule has 0 saturated heterocycles. The number of carboxylic acids is 2. The first kappa shape index (κ1) is 41.2. The van der Waals surface area contributed by atoms with Crippen LogP contribution in [-0.2, 0) is 9.59 Å². The Kier molecular flexibility index (Phi) is 42.1. The number of hydrogen-bond acceptors (Lipinski definition) is 4. The van der Waals surface area contributed by atoms with Crippen LogP contribution in [-0.4, -0.2) is 49.7 Å². The van der Waals surface area contributed by atoms with Crippen molar-refractivity contribution in [1.82, 2.24) is 0 Å². The standard InChI is InChI=1S/2C16H30O2.Ca/c2*1-2-3-4-5-6-7-8-9-10-11-12-13-14-15-16(17)18;/h2*7-8H,2-6,9-15H2,1H3,(H,17,18);/q;;+2/p-2. The molecule has 0 radical (unpaired) electrons. The van der Waals surface area contributed by atoms with Gasteiger partial charge in [-0.3, -0.25) is 0 Å². The Labute approximate surface area is 260 Å². The summed E-state index contributed by atoms with van der Waals surface area (Å²) in [5.74, 6) is -1.83. The minimum absolute atomic E-state index is 0. The largest absolute Gasteiger partial charge is 2.00 e. The molecule has 0 aliphatic carbocycles. The molecule has 0 spiro atoms. The van der Waals surface area contributed by atoms with E-state index in [1.165, 1.54) is 103 Å². The van der Waals surface area contributed by atoms with Crippen molar-refractivity contribution >= 4 is 49.7 Å². The Balaban J connectivity index is -0.000000608. The Morgan fingerprint density at radius 1 is 0.432 bits per heavy atom. The maximum Gasteiger partial charge on any atom is 2.00 e. The molecule has 0 aliphatic heterocycles. The Bertz CT molecular complexity index is 471.